The van der Waals surface area contributed by atoms with Crippen LogP contribution in [0.5, 0.6) is 0 Å². The normalized spacial score (nSPS) is 12.0. The second-order valence-electron chi connectivity index (χ2n) is 7.07. The van der Waals surface area contributed by atoms with Crippen molar-refractivity contribution in [3.05, 3.63) is 95.6 Å². The Balaban J connectivity index is 1.73. The molecule has 5 nitrogen and oxygen atoms in total. The van der Waals surface area contributed by atoms with Gasteiger partial charge in [0.1, 0.15) is 6.04 Å². The molecule has 0 saturated carbocycles. The zero-order valence-electron chi connectivity index (χ0n) is 16.3. The molecule has 1 amide bonds. The minimum absolute atomic E-state index is 0.0574. The van der Waals surface area contributed by atoms with Crippen LogP contribution in [0, 0.1) is 0 Å². The zero-order valence-corrected chi connectivity index (χ0v) is 16.3. The van der Waals surface area contributed by atoms with Crippen molar-refractivity contribution in [1.29, 1.82) is 0 Å². The van der Waals surface area contributed by atoms with Crippen LogP contribution in [0.4, 0.5) is 0 Å². The summed E-state index contributed by atoms with van der Waals surface area (Å²) in [6.07, 6.45) is 7.00. The second-order valence-corrected chi connectivity index (χ2v) is 7.07. The highest BCUT2D eigenvalue weighted by Gasteiger charge is 2.20. The van der Waals surface area contributed by atoms with Gasteiger partial charge in [-0.1, -0.05) is 44.2 Å². The molecule has 1 aromatic carbocycles. The maximum atomic E-state index is 13.0. The molecule has 0 fully saturated rings. The van der Waals surface area contributed by atoms with Gasteiger partial charge in [-0.3, -0.25) is 20.1 Å². The van der Waals surface area contributed by atoms with Crippen LogP contribution < -0.4 is 10.6 Å². The molecule has 2 aromatic heterocycles. The van der Waals surface area contributed by atoms with Gasteiger partial charge in [-0.2, -0.15) is 0 Å². The van der Waals surface area contributed by atoms with E-state index in [-0.39, 0.29) is 5.91 Å². The molecule has 0 aliphatic carbocycles. The van der Waals surface area contributed by atoms with E-state index in [1.165, 1.54) is 5.56 Å². The highest BCUT2D eigenvalue weighted by Crippen LogP contribution is 2.20. The summed E-state index contributed by atoms with van der Waals surface area (Å²) < 4.78 is 0. The van der Waals surface area contributed by atoms with Gasteiger partial charge in [0, 0.05) is 37.9 Å². The number of carbonyl (C=O) groups is 1. The van der Waals surface area contributed by atoms with E-state index in [9.17, 15) is 4.79 Å². The van der Waals surface area contributed by atoms with E-state index >= 15 is 0 Å². The molecule has 0 bridgehead atoms. The molecule has 0 radical (unpaired) electrons. The third kappa shape index (κ3) is 5.47. The lowest BCUT2D eigenvalue weighted by Crippen LogP contribution is -2.37. The summed E-state index contributed by atoms with van der Waals surface area (Å²) >= 11 is 0. The van der Waals surface area contributed by atoms with Crippen molar-refractivity contribution < 1.29 is 4.79 Å². The topological polar surface area (TPSA) is 66.9 Å². The predicted octanol–water partition coefficient (Wildman–Crippen LogP) is 3.75. The number of aromatic nitrogens is 2. The Morgan fingerprint density at radius 1 is 0.857 bits per heavy atom. The number of hydrogen-bond donors (Lipinski definition) is 2. The first-order valence-electron chi connectivity index (χ1n) is 9.52. The molecule has 2 heterocycles. The molecule has 0 aliphatic rings. The number of nitrogens with zero attached hydrogens (tertiary/aromatic N) is 2. The van der Waals surface area contributed by atoms with E-state index in [1.807, 2.05) is 36.4 Å². The summed E-state index contributed by atoms with van der Waals surface area (Å²) in [5.41, 5.74) is 4.25. The quantitative estimate of drug-likeness (QED) is 0.630. The average molecular weight is 374 g/mol. The molecule has 5 heteroatoms. The Hall–Kier alpha value is -3.05. The fourth-order valence-corrected chi connectivity index (χ4v) is 2.95. The smallest absolute Gasteiger partial charge is 0.242 e. The molecule has 0 spiro atoms. The van der Waals surface area contributed by atoms with Gasteiger partial charge in [0.05, 0.1) is 0 Å². The van der Waals surface area contributed by atoms with Gasteiger partial charge >= 0.3 is 0 Å². The Bertz CT molecular complexity index is 864. The fraction of sp³-hybridized carbons (Fsp3) is 0.261. The average Bonchev–Trinajstić information content (AvgIpc) is 2.74. The summed E-state index contributed by atoms with van der Waals surface area (Å²) in [6.45, 7) is 5.35. The molecule has 1 unspecified atom stereocenters. The van der Waals surface area contributed by atoms with Crippen molar-refractivity contribution in [3.63, 3.8) is 0 Å². The number of benzene rings is 1. The van der Waals surface area contributed by atoms with Gasteiger partial charge < -0.3 is 5.32 Å². The Morgan fingerprint density at radius 3 is 2.21 bits per heavy atom. The molecular formula is C23H26N4O. The van der Waals surface area contributed by atoms with E-state index in [1.54, 1.807) is 24.8 Å². The second kappa shape index (κ2) is 9.76. The van der Waals surface area contributed by atoms with Gasteiger partial charge in [-0.05, 0) is 46.4 Å². The van der Waals surface area contributed by atoms with Crippen molar-refractivity contribution in [2.45, 2.75) is 38.9 Å². The van der Waals surface area contributed by atoms with E-state index in [0.29, 0.717) is 19.0 Å². The van der Waals surface area contributed by atoms with Gasteiger partial charge in [-0.15, -0.1) is 0 Å². The third-order valence-electron chi connectivity index (χ3n) is 4.65. The Kier molecular flexibility index (Phi) is 6.87. The van der Waals surface area contributed by atoms with Crippen LogP contribution in [0.2, 0.25) is 0 Å². The SMILES string of the molecule is CC(C)c1ccc(C(NCc2cccnc2)C(=O)NCc2ccncc2)cc1. The Morgan fingerprint density at radius 2 is 1.57 bits per heavy atom. The number of carbonyl (C=O) groups excluding carboxylic acids is 1. The maximum absolute atomic E-state index is 13.0. The van der Waals surface area contributed by atoms with E-state index < -0.39 is 6.04 Å². The number of hydrogen-bond acceptors (Lipinski definition) is 4. The minimum atomic E-state index is -0.441. The van der Waals surface area contributed by atoms with Crippen LogP contribution in [0.3, 0.4) is 0 Å². The summed E-state index contributed by atoms with van der Waals surface area (Å²) in [5.74, 6) is 0.398. The highest BCUT2D eigenvalue weighted by molar-refractivity contribution is 5.83. The minimum Gasteiger partial charge on any atom is -0.350 e. The lowest BCUT2D eigenvalue weighted by Gasteiger charge is -2.20. The first-order chi connectivity index (χ1) is 13.6. The van der Waals surface area contributed by atoms with E-state index in [0.717, 1.165) is 16.7 Å². The number of pyridine rings is 2. The summed E-state index contributed by atoms with van der Waals surface area (Å²) in [7, 11) is 0. The monoisotopic (exact) mass is 374 g/mol. The van der Waals surface area contributed by atoms with Crippen molar-refractivity contribution >= 4 is 5.91 Å². The van der Waals surface area contributed by atoms with Crippen LogP contribution in [0.25, 0.3) is 0 Å². The molecule has 0 saturated heterocycles. The van der Waals surface area contributed by atoms with Crippen molar-refractivity contribution in [2.24, 2.45) is 0 Å². The number of rotatable bonds is 8. The van der Waals surface area contributed by atoms with Crippen LogP contribution in [-0.4, -0.2) is 15.9 Å². The summed E-state index contributed by atoms with van der Waals surface area (Å²) in [4.78, 5) is 21.1. The predicted molar refractivity (Wildman–Crippen MR) is 110 cm³/mol. The third-order valence-corrected chi connectivity index (χ3v) is 4.65. The van der Waals surface area contributed by atoms with Crippen molar-refractivity contribution in [1.82, 2.24) is 20.6 Å². The molecule has 1 atom stereocenters. The molecule has 3 aromatic rings. The first-order valence-corrected chi connectivity index (χ1v) is 9.52. The standard InChI is InChI=1S/C23H26N4O/c1-17(2)20-5-7-21(8-6-20)22(26-16-19-4-3-11-25-14-19)23(28)27-15-18-9-12-24-13-10-18/h3-14,17,22,26H,15-16H2,1-2H3,(H,27,28). The van der Waals surface area contributed by atoms with Gasteiger partial charge in [0.2, 0.25) is 5.91 Å². The molecule has 144 valence electrons. The van der Waals surface area contributed by atoms with Crippen LogP contribution in [-0.2, 0) is 17.9 Å². The fourth-order valence-electron chi connectivity index (χ4n) is 2.95. The van der Waals surface area contributed by atoms with Crippen LogP contribution in [0.1, 0.15) is 48.1 Å². The molecule has 0 aliphatic heterocycles. The van der Waals surface area contributed by atoms with E-state index in [4.69, 9.17) is 0 Å². The van der Waals surface area contributed by atoms with Gasteiger partial charge in [-0.25, -0.2) is 0 Å². The van der Waals surface area contributed by atoms with Crippen LogP contribution in [0.15, 0.2) is 73.3 Å². The van der Waals surface area contributed by atoms with E-state index in [2.05, 4.69) is 46.6 Å². The number of amides is 1. The summed E-state index contributed by atoms with van der Waals surface area (Å²) in [5, 5.41) is 6.40. The van der Waals surface area contributed by atoms with Gasteiger partial charge in [0.15, 0.2) is 0 Å². The summed E-state index contributed by atoms with van der Waals surface area (Å²) in [6, 6.07) is 15.5. The molecular weight excluding hydrogens is 348 g/mol. The molecule has 2 N–H and O–H groups in total. The zero-order chi connectivity index (χ0) is 19.8. The van der Waals surface area contributed by atoms with Crippen LogP contribution >= 0.6 is 0 Å². The molecule has 28 heavy (non-hydrogen) atoms. The van der Waals surface area contributed by atoms with Crippen molar-refractivity contribution in [3.8, 4) is 0 Å². The Labute approximate surface area is 166 Å². The lowest BCUT2D eigenvalue weighted by molar-refractivity contribution is -0.123. The highest BCUT2D eigenvalue weighted by atomic mass is 16.2. The van der Waals surface area contributed by atoms with Gasteiger partial charge in [0.25, 0.3) is 0 Å². The molecule has 3 rings (SSSR count). The number of nitrogens with one attached hydrogen (secondary N) is 2. The largest absolute Gasteiger partial charge is 0.350 e. The maximum Gasteiger partial charge on any atom is 0.242 e. The first kappa shape index (κ1) is 19.7. The lowest BCUT2D eigenvalue weighted by atomic mass is 9.98. The van der Waals surface area contributed by atoms with Crippen molar-refractivity contribution in [2.75, 3.05) is 0 Å².